The second-order valence-corrected chi connectivity index (χ2v) is 5.31. The molecule has 0 saturated heterocycles. The zero-order valence-electron chi connectivity index (χ0n) is 6.39. The third kappa shape index (κ3) is 4.63. The van der Waals surface area contributed by atoms with E-state index in [-0.39, 0.29) is 0 Å². The van der Waals surface area contributed by atoms with Crippen molar-refractivity contribution >= 4 is 9.04 Å². The van der Waals surface area contributed by atoms with Gasteiger partial charge >= 0.3 is 0 Å². The van der Waals surface area contributed by atoms with E-state index < -0.39 is 9.04 Å². The van der Waals surface area contributed by atoms with Crippen molar-refractivity contribution in [1.82, 2.24) is 0 Å². The minimum Gasteiger partial charge on any atom is -0.419 e. The van der Waals surface area contributed by atoms with Crippen LogP contribution in [0.5, 0.6) is 0 Å². The van der Waals surface area contributed by atoms with E-state index in [1.54, 1.807) is 0 Å². The average molecular weight is 147 g/mol. The number of rotatable bonds is 5. The van der Waals surface area contributed by atoms with Gasteiger partial charge in [0.05, 0.1) is 0 Å². The summed E-state index contributed by atoms with van der Waals surface area (Å²) < 4.78 is 5.50. The first kappa shape index (κ1) is 9.14. The Morgan fingerprint density at radius 3 is 2.22 bits per heavy atom. The van der Waals surface area contributed by atoms with Crippen LogP contribution >= 0.6 is 0 Å². The molecule has 0 aromatic heterocycles. The summed E-state index contributed by atoms with van der Waals surface area (Å²) in [6.07, 6.45) is 0. The van der Waals surface area contributed by atoms with Crippen molar-refractivity contribution in [2.24, 2.45) is 5.73 Å². The van der Waals surface area contributed by atoms with Crippen molar-refractivity contribution < 1.29 is 4.43 Å². The Balaban J connectivity index is 3.09. The van der Waals surface area contributed by atoms with Gasteiger partial charge in [-0.1, -0.05) is 13.8 Å². The molecule has 0 aliphatic carbocycles. The lowest BCUT2D eigenvalue weighted by Crippen LogP contribution is -2.20. The van der Waals surface area contributed by atoms with Gasteiger partial charge in [0.1, 0.15) is 0 Å². The Morgan fingerprint density at radius 2 is 1.89 bits per heavy atom. The first-order valence-electron chi connectivity index (χ1n) is 3.66. The van der Waals surface area contributed by atoms with Crippen LogP contribution in [0.1, 0.15) is 13.8 Å². The van der Waals surface area contributed by atoms with Crippen molar-refractivity contribution in [1.29, 1.82) is 0 Å². The van der Waals surface area contributed by atoms with Gasteiger partial charge in [0.15, 0.2) is 9.04 Å². The third-order valence-electron chi connectivity index (χ3n) is 1.38. The molecule has 9 heavy (non-hydrogen) atoms. The fourth-order valence-electron chi connectivity index (χ4n) is 0.759. The van der Waals surface area contributed by atoms with E-state index in [0.717, 1.165) is 6.61 Å². The highest BCUT2D eigenvalue weighted by Crippen LogP contribution is 1.98. The number of hydrogen-bond donors (Lipinski definition) is 1. The maximum atomic E-state index is 5.50. The molecule has 2 N–H and O–H groups in total. The molecule has 0 aromatic rings. The van der Waals surface area contributed by atoms with Crippen LogP contribution in [0.3, 0.4) is 0 Å². The molecule has 0 aliphatic rings. The van der Waals surface area contributed by atoms with E-state index in [0.29, 0.717) is 6.54 Å². The van der Waals surface area contributed by atoms with E-state index in [9.17, 15) is 0 Å². The standard InChI is InChI=1S/C6H17NOSi/c1-3-9(4-2)8-6-5-7/h9H,3-7H2,1-2H3. The molecule has 0 amide bonds. The fourth-order valence-corrected chi connectivity index (χ4v) is 2.28. The minimum absolute atomic E-state index is 0.670. The topological polar surface area (TPSA) is 35.2 Å². The third-order valence-corrected chi connectivity index (χ3v) is 3.91. The van der Waals surface area contributed by atoms with Crippen LogP contribution in [0.4, 0.5) is 0 Å². The SMILES string of the molecule is CC[SiH](CC)OCCN. The van der Waals surface area contributed by atoms with Gasteiger partial charge in [0.25, 0.3) is 0 Å². The summed E-state index contributed by atoms with van der Waals surface area (Å²) in [5.74, 6) is 0. The molecule has 0 unspecified atom stereocenters. The van der Waals surface area contributed by atoms with Gasteiger partial charge in [-0.05, 0) is 12.1 Å². The minimum atomic E-state index is -0.790. The summed E-state index contributed by atoms with van der Waals surface area (Å²) >= 11 is 0. The van der Waals surface area contributed by atoms with E-state index in [2.05, 4.69) is 13.8 Å². The average Bonchev–Trinajstić information content (AvgIpc) is 1.91. The van der Waals surface area contributed by atoms with Crippen molar-refractivity contribution in [3.05, 3.63) is 0 Å². The molecule has 0 atom stereocenters. The summed E-state index contributed by atoms with van der Waals surface area (Å²) in [7, 11) is -0.790. The first-order chi connectivity index (χ1) is 4.35. The normalized spacial score (nSPS) is 10.7. The Morgan fingerprint density at radius 1 is 1.33 bits per heavy atom. The first-order valence-corrected chi connectivity index (χ1v) is 5.77. The number of hydrogen-bond acceptors (Lipinski definition) is 2. The molecule has 0 saturated carbocycles. The molecule has 0 heterocycles. The van der Waals surface area contributed by atoms with Gasteiger partial charge in [-0.25, -0.2) is 0 Å². The quantitative estimate of drug-likeness (QED) is 0.582. The molecule has 0 aromatic carbocycles. The summed E-state index contributed by atoms with van der Waals surface area (Å²) in [6, 6.07) is 2.47. The molecule has 0 rings (SSSR count). The maximum absolute atomic E-state index is 5.50. The smallest absolute Gasteiger partial charge is 0.176 e. The fraction of sp³-hybridized carbons (Fsp3) is 1.00. The van der Waals surface area contributed by atoms with Crippen molar-refractivity contribution in [2.45, 2.75) is 25.9 Å². The highest BCUT2D eigenvalue weighted by atomic mass is 28.3. The van der Waals surface area contributed by atoms with Gasteiger partial charge in [-0.2, -0.15) is 0 Å². The second kappa shape index (κ2) is 6.26. The Labute approximate surface area is 59.1 Å². The van der Waals surface area contributed by atoms with Crippen LogP contribution in [0.2, 0.25) is 12.1 Å². The Bertz CT molecular complexity index is 57.0. The zero-order chi connectivity index (χ0) is 7.11. The highest BCUT2D eigenvalue weighted by Gasteiger charge is 2.03. The predicted octanol–water partition coefficient (Wildman–Crippen LogP) is 0.725. The van der Waals surface area contributed by atoms with E-state index in [1.807, 2.05) is 0 Å². The molecule has 0 fully saturated rings. The molecule has 0 aliphatic heterocycles. The maximum Gasteiger partial charge on any atom is 0.176 e. The highest BCUT2D eigenvalue weighted by molar-refractivity contribution is 6.51. The summed E-state index contributed by atoms with van der Waals surface area (Å²) in [5, 5.41) is 0. The molecular weight excluding hydrogens is 130 g/mol. The summed E-state index contributed by atoms with van der Waals surface area (Å²) in [5.41, 5.74) is 5.28. The van der Waals surface area contributed by atoms with Crippen molar-refractivity contribution in [2.75, 3.05) is 13.2 Å². The van der Waals surface area contributed by atoms with Gasteiger partial charge < -0.3 is 10.2 Å². The van der Waals surface area contributed by atoms with Crippen LogP contribution < -0.4 is 5.73 Å². The lowest BCUT2D eigenvalue weighted by Gasteiger charge is -2.09. The Kier molecular flexibility index (Phi) is 6.35. The van der Waals surface area contributed by atoms with Crippen LogP contribution in [0.15, 0.2) is 0 Å². The number of nitrogens with two attached hydrogens (primary N) is 1. The molecule has 0 spiro atoms. The van der Waals surface area contributed by atoms with Crippen molar-refractivity contribution in [3.8, 4) is 0 Å². The second-order valence-electron chi connectivity index (χ2n) is 2.10. The molecular formula is C6H17NOSi. The molecule has 56 valence electrons. The van der Waals surface area contributed by atoms with Crippen LogP contribution in [-0.4, -0.2) is 22.2 Å². The Hall–Kier alpha value is 0.137. The van der Waals surface area contributed by atoms with Crippen LogP contribution in [0, 0.1) is 0 Å². The summed E-state index contributed by atoms with van der Waals surface area (Å²) in [6.45, 7) is 5.82. The van der Waals surface area contributed by atoms with Crippen LogP contribution in [0.25, 0.3) is 0 Å². The lowest BCUT2D eigenvalue weighted by molar-refractivity contribution is 0.330. The lowest BCUT2D eigenvalue weighted by atomic mass is 10.8. The van der Waals surface area contributed by atoms with Gasteiger partial charge in [0.2, 0.25) is 0 Å². The molecule has 0 radical (unpaired) electrons. The molecule has 2 nitrogen and oxygen atoms in total. The van der Waals surface area contributed by atoms with Crippen LogP contribution in [-0.2, 0) is 4.43 Å². The zero-order valence-corrected chi connectivity index (χ0v) is 7.55. The van der Waals surface area contributed by atoms with Gasteiger partial charge in [0, 0.05) is 13.2 Å². The van der Waals surface area contributed by atoms with E-state index >= 15 is 0 Å². The van der Waals surface area contributed by atoms with E-state index in [4.69, 9.17) is 10.2 Å². The van der Waals surface area contributed by atoms with E-state index in [1.165, 1.54) is 12.1 Å². The summed E-state index contributed by atoms with van der Waals surface area (Å²) in [4.78, 5) is 0. The monoisotopic (exact) mass is 147 g/mol. The molecule has 0 bridgehead atoms. The van der Waals surface area contributed by atoms with Crippen molar-refractivity contribution in [3.63, 3.8) is 0 Å². The largest absolute Gasteiger partial charge is 0.419 e. The molecule has 3 heteroatoms. The predicted molar refractivity (Wildman–Crippen MR) is 43.1 cm³/mol. The van der Waals surface area contributed by atoms with Gasteiger partial charge in [-0.15, -0.1) is 0 Å². The van der Waals surface area contributed by atoms with Gasteiger partial charge in [-0.3, -0.25) is 0 Å².